The number of allylic oxidation sites excluding steroid dienone is 1. The summed E-state index contributed by atoms with van der Waals surface area (Å²) in [5.41, 5.74) is 6.44. The van der Waals surface area contributed by atoms with E-state index in [1.54, 1.807) is 0 Å². The Morgan fingerprint density at radius 1 is 0.903 bits per heavy atom. The molecule has 4 rings (SSSR count). The summed E-state index contributed by atoms with van der Waals surface area (Å²) in [6.45, 7) is 8.86. The van der Waals surface area contributed by atoms with Gasteiger partial charge in [-0.1, -0.05) is 66.7 Å². The Bertz CT molecular complexity index is 1140. The molecule has 0 aliphatic rings. The number of aryl methyl sites for hydroxylation is 2. The topological polar surface area (TPSA) is 39.1 Å². The van der Waals surface area contributed by atoms with E-state index in [2.05, 4.69) is 72.4 Å². The maximum atomic E-state index is 5.87. The van der Waals surface area contributed by atoms with Crippen LogP contribution >= 0.6 is 0 Å². The minimum absolute atomic E-state index is 0.566. The molecule has 1 heterocycles. The first kappa shape index (κ1) is 20.5. The fourth-order valence-corrected chi connectivity index (χ4v) is 3.39. The minimum Gasteiger partial charge on any atom is -0.489 e. The molecule has 0 aliphatic heterocycles. The fourth-order valence-electron chi connectivity index (χ4n) is 3.39. The molecule has 0 saturated carbocycles. The van der Waals surface area contributed by atoms with Gasteiger partial charge in [-0.2, -0.15) is 5.10 Å². The molecular weight excluding hydrogens is 382 g/mol. The summed E-state index contributed by atoms with van der Waals surface area (Å²) in [5.74, 6) is 1.77. The molecule has 1 aromatic heterocycles. The van der Waals surface area contributed by atoms with Crippen molar-refractivity contribution >= 4 is 5.82 Å². The molecule has 31 heavy (non-hydrogen) atoms. The molecule has 0 unspecified atom stereocenters. The lowest BCUT2D eigenvalue weighted by Crippen LogP contribution is -2.07. The summed E-state index contributed by atoms with van der Waals surface area (Å²) >= 11 is 0. The number of anilines is 1. The summed E-state index contributed by atoms with van der Waals surface area (Å²) in [7, 11) is 0. The SMILES string of the molecule is C=C(Cc1ccc(OCc2ccccc2)cc1)Nc1cc(C)nn1-c1ccc(C)cc1. The van der Waals surface area contributed by atoms with Crippen LogP contribution in [0.4, 0.5) is 5.82 Å². The van der Waals surface area contributed by atoms with Gasteiger partial charge in [0.25, 0.3) is 0 Å². The summed E-state index contributed by atoms with van der Waals surface area (Å²) in [6, 6.07) is 28.7. The molecule has 1 N–H and O–H groups in total. The number of benzene rings is 3. The Labute approximate surface area is 183 Å². The van der Waals surface area contributed by atoms with Crippen LogP contribution in [0.5, 0.6) is 5.75 Å². The molecule has 0 fully saturated rings. The van der Waals surface area contributed by atoms with Crippen LogP contribution in [-0.2, 0) is 13.0 Å². The summed E-state index contributed by atoms with van der Waals surface area (Å²) < 4.78 is 7.79. The molecule has 0 amide bonds. The lowest BCUT2D eigenvalue weighted by atomic mass is 10.1. The third-order valence-electron chi connectivity index (χ3n) is 5.00. The summed E-state index contributed by atoms with van der Waals surface area (Å²) in [4.78, 5) is 0. The van der Waals surface area contributed by atoms with Crippen LogP contribution in [0, 0.1) is 13.8 Å². The van der Waals surface area contributed by atoms with Crippen molar-refractivity contribution in [3.8, 4) is 11.4 Å². The zero-order valence-electron chi connectivity index (χ0n) is 18.0. The van der Waals surface area contributed by atoms with Gasteiger partial charge in [0.05, 0.1) is 11.4 Å². The highest BCUT2D eigenvalue weighted by atomic mass is 16.5. The second-order valence-corrected chi connectivity index (χ2v) is 7.74. The van der Waals surface area contributed by atoms with E-state index in [4.69, 9.17) is 4.74 Å². The van der Waals surface area contributed by atoms with E-state index in [9.17, 15) is 0 Å². The second kappa shape index (κ2) is 9.35. The number of hydrogen-bond donors (Lipinski definition) is 1. The molecule has 156 valence electrons. The zero-order valence-corrected chi connectivity index (χ0v) is 18.0. The van der Waals surface area contributed by atoms with Crippen molar-refractivity contribution in [1.29, 1.82) is 0 Å². The third-order valence-corrected chi connectivity index (χ3v) is 5.00. The molecule has 0 bridgehead atoms. The summed E-state index contributed by atoms with van der Waals surface area (Å²) in [5, 5.41) is 8.05. The van der Waals surface area contributed by atoms with Crippen LogP contribution in [0.1, 0.15) is 22.4 Å². The van der Waals surface area contributed by atoms with Crippen molar-refractivity contribution in [2.75, 3.05) is 5.32 Å². The van der Waals surface area contributed by atoms with Crippen LogP contribution in [0.3, 0.4) is 0 Å². The highest BCUT2D eigenvalue weighted by Gasteiger charge is 2.09. The monoisotopic (exact) mass is 409 g/mol. The maximum absolute atomic E-state index is 5.87. The summed E-state index contributed by atoms with van der Waals surface area (Å²) in [6.07, 6.45) is 0.719. The lowest BCUT2D eigenvalue weighted by Gasteiger charge is -2.13. The second-order valence-electron chi connectivity index (χ2n) is 7.74. The number of ether oxygens (including phenoxy) is 1. The molecule has 0 atom stereocenters. The number of hydrogen-bond acceptors (Lipinski definition) is 3. The van der Waals surface area contributed by atoms with Gasteiger partial charge in [0, 0.05) is 18.2 Å². The van der Waals surface area contributed by atoms with Crippen molar-refractivity contribution in [2.24, 2.45) is 0 Å². The Morgan fingerprint density at radius 2 is 1.61 bits per heavy atom. The van der Waals surface area contributed by atoms with Crippen LogP contribution in [0.15, 0.2) is 97.2 Å². The molecule has 0 spiro atoms. The minimum atomic E-state index is 0.566. The average molecular weight is 410 g/mol. The number of aromatic nitrogens is 2. The first-order valence-electron chi connectivity index (χ1n) is 10.4. The smallest absolute Gasteiger partial charge is 0.134 e. The van der Waals surface area contributed by atoms with Gasteiger partial charge in [0.15, 0.2) is 0 Å². The first-order valence-corrected chi connectivity index (χ1v) is 10.4. The largest absolute Gasteiger partial charge is 0.489 e. The third kappa shape index (κ3) is 5.43. The van der Waals surface area contributed by atoms with Crippen molar-refractivity contribution < 1.29 is 4.74 Å². The van der Waals surface area contributed by atoms with Crippen LogP contribution in [0.2, 0.25) is 0 Å². The van der Waals surface area contributed by atoms with E-state index in [-0.39, 0.29) is 0 Å². The van der Waals surface area contributed by atoms with E-state index >= 15 is 0 Å². The van der Waals surface area contributed by atoms with E-state index in [0.29, 0.717) is 6.61 Å². The quantitative estimate of drug-likeness (QED) is 0.375. The van der Waals surface area contributed by atoms with Crippen LogP contribution in [0.25, 0.3) is 5.69 Å². The highest BCUT2D eigenvalue weighted by Crippen LogP contribution is 2.21. The van der Waals surface area contributed by atoms with E-state index in [0.717, 1.165) is 40.6 Å². The Balaban J connectivity index is 1.37. The van der Waals surface area contributed by atoms with E-state index < -0.39 is 0 Å². The van der Waals surface area contributed by atoms with Crippen molar-refractivity contribution in [3.63, 3.8) is 0 Å². The van der Waals surface area contributed by atoms with Crippen LogP contribution in [-0.4, -0.2) is 9.78 Å². The van der Waals surface area contributed by atoms with E-state index in [1.165, 1.54) is 11.1 Å². The predicted octanol–water partition coefficient (Wildman–Crippen LogP) is 6.24. The molecule has 4 heteroatoms. The van der Waals surface area contributed by atoms with Gasteiger partial charge >= 0.3 is 0 Å². The lowest BCUT2D eigenvalue weighted by molar-refractivity contribution is 0.306. The molecule has 4 aromatic rings. The molecule has 3 aromatic carbocycles. The number of nitrogens with one attached hydrogen (secondary N) is 1. The van der Waals surface area contributed by atoms with Gasteiger partial charge in [-0.25, -0.2) is 4.68 Å². The molecule has 4 nitrogen and oxygen atoms in total. The van der Waals surface area contributed by atoms with Gasteiger partial charge in [-0.15, -0.1) is 0 Å². The standard InChI is InChI=1S/C27H27N3O/c1-20-9-13-25(14-10-20)30-27(18-22(3)29-30)28-21(2)17-23-11-15-26(16-12-23)31-19-24-7-5-4-6-8-24/h4-16,18,28H,2,17,19H2,1,3H3. The van der Waals surface area contributed by atoms with Crippen LogP contribution < -0.4 is 10.1 Å². The van der Waals surface area contributed by atoms with Gasteiger partial charge < -0.3 is 10.1 Å². The average Bonchev–Trinajstić information content (AvgIpc) is 3.14. The Hall–Kier alpha value is -3.79. The molecule has 0 radical (unpaired) electrons. The van der Waals surface area contributed by atoms with Crippen molar-refractivity contribution in [2.45, 2.75) is 26.9 Å². The van der Waals surface area contributed by atoms with Gasteiger partial charge in [-0.3, -0.25) is 0 Å². The molecular formula is C27H27N3O. The predicted molar refractivity (Wildman–Crippen MR) is 127 cm³/mol. The van der Waals surface area contributed by atoms with Crippen molar-refractivity contribution in [1.82, 2.24) is 9.78 Å². The molecule has 0 aliphatic carbocycles. The van der Waals surface area contributed by atoms with Crippen molar-refractivity contribution in [3.05, 3.63) is 120 Å². The maximum Gasteiger partial charge on any atom is 0.134 e. The number of nitrogens with zero attached hydrogens (tertiary/aromatic N) is 2. The van der Waals surface area contributed by atoms with Gasteiger partial charge in [0.1, 0.15) is 18.2 Å². The van der Waals surface area contributed by atoms with Gasteiger partial charge in [-0.05, 0) is 49.2 Å². The molecule has 0 saturated heterocycles. The highest BCUT2D eigenvalue weighted by molar-refractivity contribution is 5.50. The Morgan fingerprint density at radius 3 is 2.32 bits per heavy atom. The zero-order chi connectivity index (χ0) is 21.6. The normalized spacial score (nSPS) is 10.6. The number of rotatable bonds is 8. The van der Waals surface area contributed by atoms with E-state index in [1.807, 2.05) is 48.0 Å². The Kier molecular flexibility index (Phi) is 6.18. The van der Waals surface area contributed by atoms with Gasteiger partial charge in [0.2, 0.25) is 0 Å². The first-order chi connectivity index (χ1) is 15.1. The fraction of sp³-hybridized carbons (Fsp3) is 0.148.